The van der Waals surface area contributed by atoms with Crippen molar-refractivity contribution in [1.29, 1.82) is 0 Å². The Hall–Kier alpha value is -3.07. The maximum Gasteiger partial charge on any atom is 0.416 e. The Labute approximate surface area is 165 Å². The van der Waals surface area contributed by atoms with Crippen molar-refractivity contribution in [3.8, 4) is 5.75 Å². The van der Waals surface area contributed by atoms with Crippen molar-refractivity contribution >= 4 is 17.6 Å². The SMILES string of the molecule is CCOCc1cc(C(=O)OCC(=O)Nc2ccc(C(F)(F)F)cc2)ccc1OC. The first-order valence-corrected chi connectivity index (χ1v) is 8.63. The van der Waals surface area contributed by atoms with Crippen molar-refractivity contribution in [3.63, 3.8) is 0 Å². The molecule has 1 amide bonds. The smallest absolute Gasteiger partial charge is 0.416 e. The van der Waals surface area contributed by atoms with Crippen molar-refractivity contribution in [1.82, 2.24) is 0 Å². The third kappa shape index (κ3) is 6.49. The van der Waals surface area contributed by atoms with Gasteiger partial charge in [-0.25, -0.2) is 4.79 Å². The number of amides is 1. The minimum Gasteiger partial charge on any atom is -0.496 e. The summed E-state index contributed by atoms with van der Waals surface area (Å²) in [5.74, 6) is -0.857. The van der Waals surface area contributed by atoms with Crippen LogP contribution in [0.15, 0.2) is 42.5 Å². The second kappa shape index (κ2) is 9.92. The summed E-state index contributed by atoms with van der Waals surface area (Å²) in [4.78, 5) is 24.1. The lowest BCUT2D eigenvalue weighted by Gasteiger charge is -2.11. The second-order valence-corrected chi connectivity index (χ2v) is 5.86. The molecule has 0 saturated carbocycles. The Morgan fingerprint density at radius 2 is 1.76 bits per heavy atom. The first kappa shape index (κ1) is 22.2. The molecule has 0 saturated heterocycles. The van der Waals surface area contributed by atoms with E-state index in [1.54, 1.807) is 12.1 Å². The predicted octanol–water partition coefficient (Wildman–Crippen LogP) is 4.05. The molecule has 156 valence electrons. The standard InChI is InChI=1S/C20H20F3NO5/c1-3-28-11-14-10-13(4-9-17(14)27-2)19(26)29-12-18(25)24-16-7-5-15(6-8-16)20(21,22)23/h4-10H,3,11-12H2,1-2H3,(H,24,25). The van der Waals surface area contributed by atoms with Crippen molar-refractivity contribution in [3.05, 3.63) is 59.2 Å². The lowest BCUT2D eigenvalue weighted by Crippen LogP contribution is -2.21. The largest absolute Gasteiger partial charge is 0.496 e. The molecule has 0 aliphatic rings. The van der Waals surface area contributed by atoms with E-state index in [1.165, 1.54) is 13.2 Å². The molecule has 2 aromatic carbocycles. The fourth-order valence-corrected chi connectivity index (χ4v) is 2.38. The van der Waals surface area contributed by atoms with Crippen LogP contribution in [0.5, 0.6) is 5.75 Å². The monoisotopic (exact) mass is 411 g/mol. The molecule has 0 spiro atoms. The molecule has 0 bridgehead atoms. The van der Waals surface area contributed by atoms with E-state index in [4.69, 9.17) is 14.2 Å². The van der Waals surface area contributed by atoms with Gasteiger partial charge >= 0.3 is 12.1 Å². The van der Waals surface area contributed by atoms with E-state index in [9.17, 15) is 22.8 Å². The molecule has 0 heterocycles. The number of carbonyl (C=O) groups excluding carboxylic acids is 2. The van der Waals surface area contributed by atoms with Crippen LogP contribution in [-0.4, -0.2) is 32.2 Å². The summed E-state index contributed by atoms with van der Waals surface area (Å²) in [5.41, 5.74) is 0.188. The Morgan fingerprint density at radius 1 is 1.07 bits per heavy atom. The van der Waals surface area contributed by atoms with Gasteiger partial charge in [-0.2, -0.15) is 13.2 Å². The molecular weight excluding hydrogens is 391 g/mol. The number of methoxy groups -OCH3 is 1. The fraction of sp³-hybridized carbons (Fsp3) is 0.300. The van der Waals surface area contributed by atoms with E-state index in [2.05, 4.69) is 5.32 Å². The highest BCUT2D eigenvalue weighted by atomic mass is 19.4. The molecule has 29 heavy (non-hydrogen) atoms. The summed E-state index contributed by atoms with van der Waals surface area (Å²) in [6.45, 7) is 1.98. The molecule has 0 fully saturated rings. The highest BCUT2D eigenvalue weighted by Gasteiger charge is 2.30. The van der Waals surface area contributed by atoms with Crippen LogP contribution >= 0.6 is 0 Å². The minimum atomic E-state index is -4.46. The van der Waals surface area contributed by atoms with Crippen LogP contribution < -0.4 is 10.1 Å². The van der Waals surface area contributed by atoms with Gasteiger partial charge in [-0.05, 0) is 49.4 Å². The molecule has 0 radical (unpaired) electrons. The van der Waals surface area contributed by atoms with Crippen LogP contribution in [0.2, 0.25) is 0 Å². The van der Waals surface area contributed by atoms with Crippen molar-refractivity contribution in [2.75, 3.05) is 25.6 Å². The summed E-state index contributed by atoms with van der Waals surface area (Å²) in [7, 11) is 1.49. The van der Waals surface area contributed by atoms with Crippen LogP contribution in [0.4, 0.5) is 18.9 Å². The molecule has 9 heteroatoms. The van der Waals surface area contributed by atoms with Gasteiger partial charge < -0.3 is 19.5 Å². The summed E-state index contributed by atoms with van der Waals surface area (Å²) in [5, 5.41) is 2.36. The summed E-state index contributed by atoms with van der Waals surface area (Å²) in [6, 6.07) is 8.55. The maximum absolute atomic E-state index is 12.5. The van der Waals surface area contributed by atoms with Gasteiger partial charge in [0.25, 0.3) is 5.91 Å². The van der Waals surface area contributed by atoms with E-state index in [-0.39, 0.29) is 17.9 Å². The number of halogens is 3. The average molecular weight is 411 g/mol. The third-order valence-electron chi connectivity index (χ3n) is 3.81. The van der Waals surface area contributed by atoms with E-state index in [0.717, 1.165) is 24.3 Å². The number of nitrogens with one attached hydrogen (secondary N) is 1. The Balaban J connectivity index is 1.93. The summed E-state index contributed by atoms with van der Waals surface area (Å²) < 4.78 is 53.1. The Bertz CT molecular complexity index is 850. The lowest BCUT2D eigenvalue weighted by molar-refractivity contribution is -0.137. The zero-order chi connectivity index (χ0) is 21.4. The van der Waals surface area contributed by atoms with Gasteiger partial charge in [-0.1, -0.05) is 0 Å². The molecule has 0 aliphatic heterocycles. The van der Waals surface area contributed by atoms with Gasteiger partial charge in [0.05, 0.1) is 24.8 Å². The van der Waals surface area contributed by atoms with E-state index in [0.29, 0.717) is 17.9 Å². The van der Waals surface area contributed by atoms with Gasteiger partial charge in [0.2, 0.25) is 0 Å². The number of ether oxygens (including phenoxy) is 3. The molecular formula is C20H20F3NO5. The molecule has 2 rings (SSSR count). The molecule has 2 aromatic rings. The van der Waals surface area contributed by atoms with Crippen LogP contribution in [-0.2, 0) is 27.1 Å². The fourth-order valence-electron chi connectivity index (χ4n) is 2.38. The van der Waals surface area contributed by atoms with Gasteiger partial charge in [0, 0.05) is 17.9 Å². The van der Waals surface area contributed by atoms with E-state index in [1.807, 2.05) is 6.92 Å². The highest BCUT2D eigenvalue weighted by molar-refractivity contribution is 5.95. The molecule has 0 aliphatic carbocycles. The van der Waals surface area contributed by atoms with Crippen LogP contribution in [0.1, 0.15) is 28.4 Å². The number of rotatable bonds is 8. The first-order valence-electron chi connectivity index (χ1n) is 8.63. The topological polar surface area (TPSA) is 73.9 Å². The number of anilines is 1. The number of hydrogen-bond donors (Lipinski definition) is 1. The van der Waals surface area contributed by atoms with Crippen LogP contribution in [0.25, 0.3) is 0 Å². The van der Waals surface area contributed by atoms with Gasteiger partial charge in [0.1, 0.15) is 5.75 Å². The maximum atomic E-state index is 12.5. The van der Waals surface area contributed by atoms with Crippen LogP contribution in [0.3, 0.4) is 0 Å². The number of esters is 1. The number of alkyl halides is 3. The lowest BCUT2D eigenvalue weighted by atomic mass is 10.1. The summed E-state index contributed by atoms with van der Waals surface area (Å²) in [6.07, 6.45) is -4.46. The van der Waals surface area contributed by atoms with Gasteiger partial charge in [-0.15, -0.1) is 0 Å². The van der Waals surface area contributed by atoms with Crippen molar-refractivity contribution < 1.29 is 37.0 Å². The normalized spacial score (nSPS) is 11.1. The average Bonchev–Trinajstić information content (AvgIpc) is 2.70. The summed E-state index contributed by atoms with van der Waals surface area (Å²) >= 11 is 0. The van der Waals surface area contributed by atoms with E-state index < -0.39 is 30.2 Å². The van der Waals surface area contributed by atoms with Gasteiger partial charge in [0.15, 0.2) is 6.61 Å². The van der Waals surface area contributed by atoms with E-state index >= 15 is 0 Å². The first-order chi connectivity index (χ1) is 13.7. The Morgan fingerprint density at radius 3 is 2.34 bits per heavy atom. The minimum absolute atomic E-state index is 0.155. The molecule has 1 N–H and O–H groups in total. The third-order valence-corrected chi connectivity index (χ3v) is 3.81. The second-order valence-electron chi connectivity index (χ2n) is 5.86. The van der Waals surface area contributed by atoms with Crippen LogP contribution in [0, 0.1) is 0 Å². The number of hydrogen-bond acceptors (Lipinski definition) is 5. The molecule has 0 aromatic heterocycles. The quantitative estimate of drug-likeness (QED) is 0.664. The van der Waals surface area contributed by atoms with Gasteiger partial charge in [-0.3, -0.25) is 4.79 Å². The van der Waals surface area contributed by atoms with Crippen molar-refractivity contribution in [2.45, 2.75) is 19.7 Å². The molecule has 0 unspecified atom stereocenters. The predicted molar refractivity (Wildman–Crippen MR) is 98.7 cm³/mol. The molecule has 6 nitrogen and oxygen atoms in total. The highest BCUT2D eigenvalue weighted by Crippen LogP contribution is 2.29. The van der Waals surface area contributed by atoms with Crippen molar-refractivity contribution in [2.24, 2.45) is 0 Å². The zero-order valence-corrected chi connectivity index (χ0v) is 15.8. The Kier molecular flexibility index (Phi) is 7.60. The number of benzene rings is 2. The zero-order valence-electron chi connectivity index (χ0n) is 15.8. The molecule has 0 atom stereocenters. The number of carbonyl (C=O) groups is 2.